The molecule has 1 fully saturated rings. The summed E-state index contributed by atoms with van der Waals surface area (Å²) in [6.45, 7) is 7.04. The van der Waals surface area contributed by atoms with Gasteiger partial charge < -0.3 is 20.3 Å². The van der Waals surface area contributed by atoms with Gasteiger partial charge >= 0.3 is 6.09 Å². The molecule has 6 nitrogen and oxygen atoms in total. The van der Waals surface area contributed by atoms with E-state index in [1.807, 2.05) is 32.9 Å². The van der Waals surface area contributed by atoms with E-state index in [1.165, 1.54) is 0 Å². The molecule has 0 aromatic heterocycles. The lowest BCUT2D eigenvalue weighted by atomic mass is 10.0. The summed E-state index contributed by atoms with van der Waals surface area (Å²) in [5, 5.41) is 6.43. The Kier molecular flexibility index (Phi) is 4.88. The molecule has 2 N–H and O–H groups in total. The number of nitrogens with one attached hydrogen (secondary N) is 2. The zero-order chi connectivity index (χ0) is 18.0. The first kappa shape index (κ1) is 17.6. The SMILES string of the molecule is CC(C)(C)OC(=O)N1CCCC(Nc2ccc3c(c2)CCC(=O)N3)C1. The molecule has 0 radical (unpaired) electrons. The fraction of sp³-hybridized carbons (Fsp3) is 0.579. The molecular weight excluding hydrogens is 318 g/mol. The van der Waals surface area contributed by atoms with Crippen LogP contribution in [0.25, 0.3) is 0 Å². The molecule has 25 heavy (non-hydrogen) atoms. The molecule has 0 aliphatic carbocycles. The van der Waals surface area contributed by atoms with E-state index in [2.05, 4.69) is 16.7 Å². The van der Waals surface area contributed by atoms with Crippen molar-refractivity contribution in [3.05, 3.63) is 23.8 Å². The van der Waals surface area contributed by atoms with Crippen molar-refractivity contribution in [1.82, 2.24) is 4.90 Å². The van der Waals surface area contributed by atoms with Gasteiger partial charge in [0, 0.05) is 36.9 Å². The predicted molar refractivity (Wildman–Crippen MR) is 97.8 cm³/mol. The van der Waals surface area contributed by atoms with Crippen molar-refractivity contribution < 1.29 is 14.3 Å². The highest BCUT2D eigenvalue weighted by atomic mass is 16.6. The van der Waals surface area contributed by atoms with Crippen LogP contribution in [0.1, 0.15) is 45.6 Å². The summed E-state index contributed by atoms with van der Waals surface area (Å²) in [5.74, 6) is 0.0773. The first-order valence-electron chi connectivity index (χ1n) is 8.97. The van der Waals surface area contributed by atoms with Gasteiger partial charge in [0.05, 0.1) is 0 Å². The Morgan fingerprint density at radius 2 is 2.12 bits per heavy atom. The van der Waals surface area contributed by atoms with Crippen molar-refractivity contribution in [3.63, 3.8) is 0 Å². The number of nitrogens with zero attached hydrogens (tertiary/aromatic N) is 1. The number of hydrogen-bond donors (Lipinski definition) is 2. The van der Waals surface area contributed by atoms with Crippen molar-refractivity contribution in [2.24, 2.45) is 0 Å². The lowest BCUT2D eigenvalue weighted by Gasteiger charge is -2.35. The van der Waals surface area contributed by atoms with Crippen LogP contribution in [0.3, 0.4) is 0 Å². The van der Waals surface area contributed by atoms with Crippen LogP contribution in [0.4, 0.5) is 16.2 Å². The number of hydrogen-bond acceptors (Lipinski definition) is 4. The molecule has 1 aromatic carbocycles. The summed E-state index contributed by atoms with van der Waals surface area (Å²) < 4.78 is 5.48. The summed E-state index contributed by atoms with van der Waals surface area (Å²) in [5.41, 5.74) is 2.62. The maximum atomic E-state index is 12.3. The molecule has 3 rings (SSSR count). The van der Waals surface area contributed by atoms with Gasteiger partial charge in [-0.2, -0.15) is 0 Å². The topological polar surface area (TPSA) is 70.7 Å². The Morgan fingerprint density at radius 1 is 1.32 bits per heavy atom. The van der Waals surface area contributed by atoms with Crippen molar-refractivity contribution in [3.8, 4) is 0 Å². The number of amides is 2. The maximum Gasteiger partial charge on any atom is 0.410 e. The van der Waals surface area contributed by atoms with Gasteiger partial charge in [-0.1, -0.05) is 0 Å². The van der Waals surface area contributed by atoms with Gasteiger partial charge in [-0.3, -0.25) is 4.79 Å². The number of ether oxygens (including phenoxy) is 1. The van der Waals surface area contributed by atoms with Gasteiger partial charge in [0.2, 0.25) is 5.91 Å². The molecule has 2 aliphatic heterocycles. The number of carbonyl (C=O) groups excluding carboxylic acids is 2. The zero-order valence-corrected chi connectivity index (χ0v) is 15.2. The van der Waals surface area contributed by atoms with Gasteiger partial charge in [-0.05, 0) is 63.8 Å². The molecule has 6 heteroatoms. The highest BCUT2D eigenvalue weighted by Gasteiger charge is 2.27. The molecule has 136 valence electrons. The fourth-order valence-corrected chi connectivity index (χ4v) is 3.30. The highest BCUT2D eigenvalue weighted by Crippen LogP contribution is 2.27. The Bertz CT molecular complexity index is 666. The quantitative estimate of drug-likeness (QED) is 0.862. The van der Waals surface area contributed by atoms with E-state index >= 15 is 0 Å². The van der Waals surface area contributed by atoms with E-state index in [1.54, 1.807) is 4.90 Å². The Balaban J connectivity index is 1.61. The third-order valence-electron chi connectivity index (χ3n) is 4.44. The van der Waals surface area contributed by atoms with E-state index in [-0.39, 0.29) is 18.0 Å². The molecule has 0 spiro atoms. The number of benzene rings is 1. The third kappa shape index (κ3) is 4.65. The molecule has 0 saturated carbocycles. The molecule has 0 bridgehead atoms. The summed E-state index contributed by atoms with van der Waals surface area (Å²) in [6, 6.07) is 6.24. The Hall–Kier alpha value is -2.24. The van der Waals surface area contributed by atoms with Crippen molar-refractivity contribution in [2.75, 3.05) is 23.7 Å². The van der Waals surface area contributed by atoms with Crippen LogP contribution >= 0.6 is 0 Å². The number of likely N-dealkylation sites (tertiary alicyclic amines) is 1. The molecule has 1 unspecified atom stereocenters. The van der Waals surface area contributed by atoms with E-state index in [4.69, 9.17) is 4.74 Å². The number of fused-ring (bicyclic) bond motifs is 1. The van der Waals surface area contributed by atoms with Gasteiger partial charge in [0.15, 0.2) is 0 Å². The third-order valence-corrected chi connectivity index (χ3v) is 4.44. The predicted octanol–water partition coefficient (Wildman–Crippen LogP) is 3.38. The minimum atomic E-state index is -0.472. The molecule has 2 aliphatic rings. The van der Waals surface area contributed by atoms with Crippen molar-refractivity contribution in [2.45, 2.75) is 58.1 Å². The first-order valence-corrected chi connectivity index (χ1v) is 8.97. The summed E-state index contributed by atoms with van der Waals surface area (Å²) in [4.78, 5) is 25.5. The van der Waals surface area contributed by atoms with E-state index in [9.17, 15) is 9.59 Å². The van der Waals surface area contributed by atoms with Crippen molar-refractivity contribution >= 4 is 23.4 Å². The second-order valence-corrected chi connectivity index (χ2v) is 7.83. The first-order chi connectivity index (χ1) is 11.8. The highest BCUT2D eigenvalue weighted by molar-refractivity contribution is 5.94. The standard InChI is InChI=1S/C19H27N3O3/c1-19(2,3)25-18(24)22-10-4-5-15(12-22)20-14-7-8-16-13(11-14)6-9-17(23)21-16/h7-8,11,15,20H,4-6,9-10,12H2,1-3H3,(H,21,23). The van der Waals surface area contributed by atoms with Gasteiger partial charge in [0.1, 0.15) is 5.60 Å². The number of rotatable bonds is 2. The average Bonchev–Trinajstić information content (AvgIpc) is 2.54. The normalized spacial score (nSPS) is 20.5. The molecule has 1 aromatic rings. The second kappa shape index (κ2) is 6.94. The Morgan fingerprint density at radius 3 is 2.88 bits per heavy atom. The lowest BCUT2D eigenvalue weighted by Crippen LogP contribution is -2.47. The number of aryl methyl sites for hydroxylation is 1. The maximum absolute atomic E-state index is 12.3. The van der Waals surface area contributed by atoms with Gasteiger partial charge in [-0.15, -0.1) is 0 Å². The van der Waals surface area contributed by atoms with Crippen LogP contribution in [0, 0.1) is 0 Å². The molecule has 2 heterocycles. The smallest absolute Gasteiger partial charge is 0.410 e. The van der Waals surface area contributed by atoms with Crippen LogP contribution in [0.15, 0.2) is 18.2 Å². The monoisotopic (exact) mass is 345 g/mol. The largest absolute Gasteiger partial charge is 0.444 e. The van der Waals surface area contributed by atoms with E-state index in [0.717, 1.165) is 42.7 Å². The van der Waals surface area contributed by atoms with Crippen molar-refractivity contribution in [1.29, 1.82) is 0 Å². The fourth-order valence-electron chi connectivity index (χ4n) is 3.30. The minimum Gasteiger partial charge on any atom is -0.444 e. The molecule has 2 amide bonds. The molecular formula is C19H27N3O3. The number of carbonyl (C=O) groups is 2. The van der Waals surface area contributed by atoms with Crippen LogP contribution in [-0.4, -0.2) is 41.6 Å². The van der Waals surface area contributed by atoms with E-state index < -0.39 is 5.60 Å². The molecule has 1 saturated heterocycles. The lowest BCUT2D eigenvalue weighted by molar-refractivity contribution is -0.116. The van der Waals surface area contributed by atoms with E-state index in [0.29, 0.717) is 13.0 Å². The summed E-state index contributed by atoms with van der Waals surface area (Å²) in [7, 11) is 0. The molecule has 1 atom stereocenters. The minimum absolute atomic E-state index is 0.0773. The van der Waals surface area contributed by atoms with Crippen LogP contribution in [0.2, 0.25) is 0 Å². The van der Waals surface area contributed by atoms with Crippen LogP contribution < -0.4 is 10.6 Å². The summed E-state index contributed by atoms with van der Waals surface area (Å²) in [6.07, 6.45) is 3.04. The average molecular weight is 345 g/mol. The zero-order valence-electron chi connectivity index (χ0n) is 15.2. The van der Waals surface area contributed by atoms with Gasteiger partial charge in [0.25, 0.3) is 0 Å². The summed E-state index contributed by atoms with van der Waals surface area (Å²) >= 11 is 0. The number of anilines is 2. The number of piperidine rings is 1. The van der Waals surface area contributed by atoms with Gasteiger partial charge in [-0.25, -0.2) is 4.79 Å². The van der Waals surface area contributed by atoms with Crippen LogP contribution in [0.5, 0.6) is 0 Å². The van der Waals surface area contributed by atoms with Crippen LogP contribution in [-0.2, 0) is 16.0 Å². The Labute approximate surface area is 148 Å². The second-order valence-electron chi connectivity index (χ2n) is 7.83.